The van der Waals surface area contributed by atoms with E-state index in [1.54, 1.807) is 0 Å². The van der Waals surface area contributed by atoms with E-state index in [-0.39, 0.29) is 0 Å². The zero-order valence-corrected chi connectivity index (χ0v) is 12.0. The van der Waals surface area contributed by atoms with Gasteiger partial charge in [0.1, 0.15) is 0 Å². The van der Waals surface area contributed by atoms with Crippen molar-refractivity contribution in [2.24, 2.45) is 5.92 Å². The van der Waals surface area contributed by atoms with E-state index in [2.05, 4.69) is 48.5 Å². The standard InChI is InChI=1S/C14H23N5/c1-4-18-10-13(8-16-18)11-19-6-5-14(17-19)9-15-7-12(2)3/h5-6,8,10,12,15H,4,7,9,11H2,1-3H3. The molecule has 2 rings (SSSR count). The molecular weight excluding hydrogens is 238 g/mol. The molecule has 0 spiro atoms. The van der Waals surface area contributed by atoms with E-state index in [9.17, 15) is 0 Å². The van der Waals surface area contributed by atoms with E-state index in [0.29, 0.717) is 5.92 Å². The molecule has 0 atom stereocenters. The summed E-state index contributed by atoms with van der Waals surface area (Å²) in [7, 11) is 0. The van der Waals surface area contributed by atoms with E-state index >= 15 is 0 Å². The van der Waals surface area contributed by atoms with Crippen LogP contribution in [0.25, 0.3) is 0 Å². The molecule has 2 aromatic rings. The normalized spacial score (nSPS) is 11.4. The average Bonchev–Trinajstić information content (AvgIpc) is 2.99. The van der Waals surface area contributed by atoms with Gasteiger partial charge in [-0.1, -0.05) is 13.8 Å². The third-order valence-electron chi connectivity index (χ3n) is 2.91. The Labute approximate surface area is 114 Å². The molecule has 5 heteroatoms. The lowest BCUT2D eigenvalue weighted by Gasteiger charge is -2.05. The fourth-order valence-corrected chi connectivity index (χ4v) is 1.92. The SMILES string of the molecule is CCn1cc(Cn2ccc(CNCC(C)C)n2)cn1. The monoisotopic (exact) mass is 261 g/mol. The van der Waals surface area contributed by atoms with Crippen LogP contribution in [0.15, 0.2) is 24.7 Å². The van der Waals surface area contributed by atoms with Crippen LogP contribution in [-0.4, -0.2) is 26.1 Å². The molecule has 0 fully saturated rings. The van der Waals surface area contributed by atoms with Crippen molar-refractivity contribution in [2.75, 3.05) is 6.54 Å². The number of hydrogen-bond donors (Lipinski definition) is 1. The summed E-state index contributed by atoms with van der Waals surface area (Å²) in [5, 5.41) is 12.2. The summed E-state index contributed by atoms with van der Waals surface area (Å²) in [6, 6.07) is 2.07. The Morgan fingerprint density at radius 2 is 2.16 bits per heavy atom. The molecule has 0 bridgehead atoms. The Hall–Kier alpha value is -1.62. The predicted octanol–water partition coefficient (Wildman–Crippen LogP) is 1.89. The first-order valence-corrected chi connectivity index (χ1v) is 6.91. The Bertz CT molecular complexity index is 497. The van der Waals surface area contributed by atoms with Gasteiger partial charge < -0.3 is 5.32 Å². The van der Waals surface area contributed by atoms with Crippen LogP contribution in [0.2, 0.25) is 0 Å². The minimum atomic E-state index is 0.668. The molecule has 0 saturated heterocycles. The fourth-order valence-electron chi connectivity index (χ4n) is 1.92. The number of aryl methyl sites for hydroxylation is 1. The molecule has 2 heterocycles. The quantitative estimate of drug-likeness (QED) is 0.828. The molecule has 0 aromatic carbocycles. The minimum absolute atomic E-state index is 0.668. The number of nitrogens with zero attached hydrogens (tertiary/aromatic N) is 4. The highest BCUT2D eigenvalue weighted by atomic mass is 15.3. The zero-order chi connectivity index (χ0) is 13.7. The predicted molar refractivity (Wildman–Crippen MR) is 75.8 cm³/mol. The van der Waals surface area contributed by atoms with Crippen LogP contribution in [0.5, 0.6) is 0 Å². The van der Waals surface area contributed by atoms with E-state index in [0.717, 1.165) is 31.9 Å². The average molecular weight is 261 g/mol. The van der Waals surface area contributed by atoms with Gasteiger partial charge in [0, 0.05) is 31.0 Å². The van der Waals surface area contributed by atoms with Crippen molar-refractivity contribution in [3.8, 4) is 0 Å². The van der Waals surface area contributed by atoms with Gasteiger partial charge in [0.25, 0.3) is 0 Å². The summed E-state index contributed by atoms with van der Waals surface area (Å²) in [6.07, 6.45) is 6.00. The van der Waals surface area contributed by atoms with Gasteiger partial charge >= 0.3 is 0 Å². The highest BCUT2D eigenvalue weighted by Crippen LogP contribution is 2.03. The summed E-state index contributed by atoms with van der Waals surface area (Å²) in [5.41, 5.74) is 2.27. The molecule has 104 valence electrons. The lowest BCUT2D eigenvalue weighted by Crippen LogP contribution is -2.19. The second kappa shape index (κ2) is 6.52. The molecule has 0 aliphatic rings. The number of rotatable bonds is 7. The summed E-state index contributed by atoms with van der Waals surface area (Å²) < 4.78 is 3.90. The van der Waals surface area contributed by atoms with Gasteiger partial charge in [0.15, 0.2) is 0 Å². The number of aromatic nitrogens is 4. The van der Waals surface area contributed by atoms with Gasteiger partial charge in [0.2, 0.25) is 0 Å². The van der Waals surface area contributed by atoms with Gasteiger partial charge in [-0.25, -0.2) is 0 Å². The molecular formula is C14H23N5. The molecule has 1 N–H and O–H groups in total. The molecule has 19 heavy (non-hydrogen) atoms. The zero-order valence-electron chi connectivity index (χ0n) is 12.0. The second-order valence-corrected chi connectivity index (χ2v) is 5.23. The summed E-state index contributed by atoms with van der Waals surface area (Å²) in [4.78, 5) is 0. The Morgan fingerprint density at radius 3 is 2.84 bits per heavy atom. The third kappa shape index (κ3) is 4.21. The van der Waals surface area contributed by atoms with Crippen molar-refractivity contribution in [3.63, 3.8) is 0 Å². The summed E-state index contributed by atoms with van der Waals surface area (Å²) in [5.74, 6) is 0.668. The lowest BCUT2D eigenvalue weighted by molar-refractivity contribution is 0.543. The third-order valence-corrected chi connectivity index (χ3v) is 2.91. The van der Waals surface area contributed by atoms with Crippen molar-refractivity contribution in [1.82, 2.24) is 24.9 Å². The molecule has 2 aromatic heterocycles. The number of nitrogens with one attached hydrogen (secondary N) is 1. The van der Waals surface area contributed by atoms with Crippen LogP contribution in [0, 0.1) is 5.92 Å². The first-order valence-electron chi connectivity index (χ1n) is 6.91. The van der Waals surface area contributed by atoms with Crippen LogP contribution in [0.4, 0.5) is 0 Å². The van der Waals surface area contributed by atoms with E-state index in [4.69, 9.17) is 0 Å². The molecule has 0 radical (unpaired) electrons. The van der Waals surface area contributed by atoms with Crippen LogP contribution in [-0.2, 0) is 19.6 Å². The van der Waals surface area contributed by atoms with Crippen molar-refractivity contribution >= 4 is 0 Å². The topological polar surface area (TPSA) is 47.7 Å². The molecule has 0 saturated carbocycles. The lowest BCUT2D eigenvalue weighted by atomic mass is 10.2. The number of hydrogen-bond acceptors (Lipinski definition) is 3. The first kappa shape index (κ1) is 13.8. The van der Waals surface area contributed by atoms with Crippen molar-refractivity contribution in [1.29, 1.82) is 0 Å². The first-order chi connectivity index (χ1) is 9.17. The van der Waals surface area contributed by atoms with Gasteiger partial charge in [-0.05, 0) is 25.5 Å². The van der Waals surface area contributed by atoms with E-state index < -0.39 is 0 Å². The van der Waals surface area contributed by atoms with Crippen LogP contribution >= 0.6 is 0 Å². The maximum atomic E-state index is 4.55. The summed E-state index contributed by atoms with van der Waals surface area (Å²) in [6.45, 7) is 10.0. The molecule has 5 nitrogen and oxygen atoms in total. The van der Waals surface area contributed by atoms with Gasteiger partial charge in [0.05, 0.1) is 18.4 Å². The van der Waals surface area contributed by atoms with Gasteiger partial charge in [-0.2, -0.15) is 10.2 Å². The maximum absolute atomic E-state index is 4.55. The maximum Gasteiger partial charge on any atom is 0.0762 e. The highest BCUT2D eigenvalue weighted by Gasteiger charge is 2.02. The van der Waals surface area contributed by atoms with Crippen molar-refractivity contribution < 1.29 is 0 Å². The Kier molecular flexibility index (Phi) is 4.74. The van der Waals surface area contributed by atoms with E-state index in [1.807, 2.05) is 21.8 Å². The Morgan fingerprint density at radius 1 is 1.32 bits per heavy atom. The van der Waals surface area contributed by atoms with Crippen molar-refractivity contribution in [3.05, 3.63) is 35.9 Å². The second-order valence-electron chi connectivity index (χ2n) is 5.23. The van der Waals surface area contributed by atoms with E-state index in [1.165, 1.54) is 5.56 Å². The molecule has 0 unspecified atom stereocenters. The Balaban J connectivity index is 1.86. The fraction of sp³-hybridized carbons (Fsp3) is 0.571. The van der Waals surface area contributed by atoms with Gasteiger partial charge in [-0.15, -0.1) is 0 Å². The molecule has 0 aliphatic heterocycles. The van der Waals surface area contributed by atoms with Gasteiger partial charge in [-0.3, -0.25) is 9.36 Å². The highest BCUT2D eigenvalue weighted by molar-refractivity contribution is 5.06. The molecule has 0 amide bonds. The van der Waals surface area contributed by atoms with Crippen LogP contribution < -0.4 is 5.32 Å². The minimum Gasteiger partial charge on any atom is -0.311 e. The van der Waals surface area contributed by atoms with Crippen molar-refractivity contribution in [2.45, 2.75) is 40.4 Å². The van der Waals surface area contributed by atoms with Crippen LogP contribution in [0.3, 0.4) is 0 Å². The summed E-state index contributed by atoms with van der Waals surface area (Å²) >= 11 is 0. The molecule has 0 aliphatic carbocycles. The smallest absolute Gasteiger partial charge is 0.0762 e. The largest absolute Gasteiger partial charge is 0.311 e. The van der Waals surface area contributed by atoms with Crippen LogP contribution in [0.1, 0.15) is 32.0 Å².